The number of carbonyl (C=O) groups excluding carboxylic acids is 1. The molecule has 2 aliphatic rings. The van der Waals surface area contributed by atoms with Crippen molar-refractivity contribution in [3.8, 4) is 0 Å². The SMILES string of the molecule is [2H]C([2H])([2H])N=C(c1ccccc1Cl)C1(O)C([2H])([2H])C([2H])([2H])C([2H])([2H])C1([2H])[2H].[2H]C1([2H])C([2H])([2H])C([2H])([2H])C(Br)(C(=O)c2ccccc2Cl)C1([2H])[2H]. The van der Waals surface area contributed by atoms with Gasteiger partial charge >= 0.3 is 0 Å². The van der Waals surface area contributed by atoms with Crippen LogP contribution in [0.2, 0.25) is 10.0 Å². The van der Waals surface area contributed by atoms with Crippen molar-refractivity contribution in [2.45, 2.75) is 60.9 Å². The maximum absolute atomic E-state index is 12.9. The van der Waals surface area contributed by atoms with Crippen LogP contribution in [-0.2, 0) is 0 Å². The zero-order chi connectivity index (χ0) is 39.3. The number of hydrogen-bond donors (Lipinski definition) is 1. The van der Waals surface area contributed by atoms with Crippen molar-refractivity contribution in [1.82, 2.24) is 0 Å². The molecule has 0 spiro atoms. The van der Waals surface area contributed by atoms with E-state index in [1.807, 2.05) is 0 Å². The first kappa shape index (κ1) is 9.58. The van der Waals surface area contributed by atoms with Crippen LogP contribution in [-0.4, -0.2) is 33.5 Å². The van der Waals surface area contributed by atoms with Crippen LogP contribution in [0.5, 0.6) is 0 Å². The van der Waals surface area contributed by atoms with Crippen LogP contribution >= 0.6 is 39.1 Å². The molecule has 3 nitrogen and oxygen atoms in total. The van der Waals surface area contributed by atoms with Crippen LogP contribution < -0.4 is 0 Å². The molecule has 0 bridgehead atoms. The molecule has 0 unspecified atom stereocenters. The number of hydrogen-bond acceptors (Lipinski definition) is 3. The van der Waals surface area contributed by atoms with Gasteiger partial charge in [0.1, 0.15) is 5.60 Å². The number of alkyl halides is 1. The van der Waals surface area contributed by atoms with Gasteiger partial charge in [0.15, 0.2) is 5.78 Å². The minimum Gasteiger partial charge on any atom is -0.384 e. The van der Waals surface area contributed by atoms with Crippen LogP contribution in [0.25, 0.3) is 0 Å². The predicted octanol–water partition coefficient (Wildman–Crippen LogP) is 7.29. The van der Waals surface area contributed by atoms with Crippen LogP contribution in [0.15, 0.2) is 53.5 Å². The highest BCUT2D eigenvalue weighted by atomic mass is 79.9. The van der Waals surface area contributed by atoms with Gasteiger partial charge in [0.25, 0.3) is 0 Å². The summed E-state index contributed by atoms with van der Waals surface area (Å²) in [6.07, 6.45) is -27.1. The molecule has 166 valence electrons. The van der Waals surface area contributed by atoms with Crippen LogP contribution in [0, 0.1) is 0 Å². The number of carbonyl (C=O) groups is 1. The number of halogens is 3. The number of ketones is 1. The highest BCUT2D eigenvalue weighted by Crippen LogP contribution is 2.41. The zero-order valence-electron chi connectivity index (χ0n) is 34.6. The third-order valence-corrected chi connectivity index (χ3v) is 5.51. The molecule has 1 N–H and O–H groups in total. The van der Waals surface area contributed by atoms with Crippen LogP contribution in [0.3, 0.4) is 0 Å². The molecule has 2 saturated carbocycles. The van der Waals surface area contributed by atoms with E-state index >= 15 is 0 Å². The van der Waals surface area contributed by atoms with Gasteiger partial charge in [-0.1, -0.05) is 95.0 Å². The van der Waals surface area contributed by atoms with Gasteiger partial charge in [0.2, 0.25) is 0 Å². The first-order valence-corrected chi connectivity index (χ1v) is 10.1. The number of benzene rings is 2. The Morgan fingerprint density at radius 3 is 1.97 bits per heavy atom. The average Bonchev–Trinajstić information content (AvgIpc) is 3.06. The van der Waals surface area contributed by atoms with Crippen molar-refractivity contribution >= 4 is 50.6 Å². The van der Waals surface area contributed by atoms with Crippen molar-refractivity contribution in [2.75, 3.05) is 6.98 Å². The quantitative estimate of drug-likeness (QED) is 0.250. The van der Waals surface area contributed by atoms with E-state index in [4.69, 9.17) is 49.2 Å². The highest BCUT2D eigenvalue weighted by molar-refractivity contribution is 9.10. The lowest BCUT2D eigenvalue weighted by atomic mass is 9.90. The first-order chi connectivity index (χ1) is 22.0. The summed E-state index contributed by atoms with van der Waals surface area (Å²) in [6.45, 7) is -3.17. The van der Waals surface area contributed by atoms with E-state index in [0.29, 0.717) is 0 Å². The van der Waals surface area contributed by atoms with E-state index < -0.39 is 79.4 Å². The molecular formula is C25H28BrCl2NO2. The number of rotatable bonds is 4. The van der Waals surface area contributed by atoms with Crippen molar-refractivity contribution in [3.63, 3.8) is 0 Å². The Kier molecular flexibility index (Phi) is 3.28. The fourth-order valence-electron chi connectivity index (χ4n) is 2.59. The van der Waals surface area contributed by atoms with E-state index in [1.165, 1.54) is 42.5 Å². The molecule has 0 aromatic heterocycles. The molecule has 2 aliphatic carbocycles. The number of Topliss-reactive ketones (excluding diaryl/α,β-unsaturated/α-hetero) is 1. The fourth-order valence-corrected chi connectivity index (χ4v) is 3.45. The Bertz CT molecular complexity index is 1660. The molecule has 0 heterocycles. The Morgan fingerprint density at radius 1 is 0.968 bits per heavy atom. The van der Waals surface area contributed by atoms with Gasteiger partial charge < -0.3 is 5.11 Å². The summed E-state index contributed by atoms with van der Waals surface area (Å²) in [6, 6.07) is 10.8. The van der Waals surface area contributed by atoms with Gasteiger partial charge in [0, 0.05) is 49.2 Å². The lowest BCUT2D eigenvalue weighted by molar-refractivity contribution is 0.0948. The highest BCUT2D eigenvalue weighted by Gasteiger charge is 2.39. The summed E-state index contributed by atoms with van der Waals surface area (Å²) in [7, 11) is 0. The van der Waals surface area contributed by atoms with Gasteiger partial charge in [-0.2, -0.15) is 0 Å². The largest absolute Gasteiger partial charge is 0.384 e. The maximum atomic E-state index is 12.9. The molecule has 6 heteroatoms. The van der Waals surface area contributed by atoms with Gasteiger partial charge in [-0.3, -0.25) is 9.79 Å². The third kappa shape index (κ3) is 5.60. The van der Waals surface area contributed by atoms with Gasteiger partial charge in [0.05, 0.1) is 15.1 Å². The normalized spacial score (nSPS) is 42.1. The lowest BCUT2D eigenvalue weighted by Crippen LogP contribution is -2.36. The maximum Gasteiger partial charge on any atom is 0.181 e. The standard InChI is InChI=1S/C13H16ClNO.C12H12BrClO/c1-15-12(13(16)8-4-5-9-13)10-6-2-3-7-11(10)14;13-12(7-3-4-8-12)11(15)9-5-1-2-6-10(9)14/h2-3,6-7,16H,4-5,8-9H2,1H3;1-2,5-6H,3-4,7-8H2/i1D3,4D2,5D2,8D2,9D2;3D2,4D2,7D2,8D2. The Labute approximate surface area is 229 Å². The molecule has 4 rings (SSSR count). The Balaban J connectivity index is 0.000000274. The summed E-state index contributed by atoms with van der Waals surface area (Å²) < 4.78 is 146. The van der Waals surface area contributed by atoms with Gasteiger partial charge in [-0.15, -0.1) is 0 Å². The molecule has 2 aromatic rings. The summed E-state index contributed by atoms with van der Waals surface area (Å²) in [4.78, 5) is 16.1. The van der Waals surface area contributed by atoms with Gasteiger partial charge in [-0.25, -0.2) is 0 Å². The van der Waals surface area contributed by atoms with E-state index in [9.17, 15) is 9.90 Å². The first-order valence-electron chi connectivity index (χ1n) is 18.1. The van der Waals surface area contributed by atoms with Crippen LogP contribution in [0.4, 0.5) is 0 Å². The monoisotopic (exact) mass is 542 g/mol. The summed E-state index contributed by atoms with van der Waals surface area (Å²) in [5.74, 6) is -1.15. The van der Waals surface area contributed by atoms with Crippen molar-refractivity contribution in [2.24, 2.45) is 4.99 Å². The predicted molar refractivity (Wildman–Crippen MR) is 133 cm³/mol. The Hall–Kier alpha value is -1.20. The van der Waals surface area contributed by atoms with E-state index in [-0.39, 0.29) is 21.2 Å². The molecule has 0 saturated heterocycles. The molecule has 0 atom stereocenters. The molecule has 0 aliphatic heterocycles. The van der Waals surface area contributed by atoms with Crippen molar-refractivity contribution < 1.29 is 35.9 Å². The Morgan fingerprint density at radius 2 is 1.45 bits per heavy atom. The van der Waals surface area contributed by atoms with E-state index in [1.54, 1.807) is 0 Å². The van der Waals surface area contributed by atoms with Crippen molar-refractivity contribution in [3.05, 3.63) is 69.7 Å². The molecular weight excluding hydrogens is 497 g/mol. The molecule has 0 radical (unpaired) electrons. The fraction of sp³-hybridized carbons (Fsp3) is 0.440. The summed E-state index contributed by atoms with van der Waals surface area (Å²) in [5, 5.41) is 10.9. The third-order valence-electron chi connectivity index (χ3n) is 4.10. The van der Waals surface area contributed by atoms with Crippen LogP contribution in [0.1, 0.15) is 92.9 Å². The van der Waals surface area contributed by atoms with E-state index in [0.717, 1.165) is 6.07 Å². The number of aliphatic hydroxyl groups is 1. The smallest absolute Gasteiger partial charge is 0.181 e. The zero-order valence-corrected chi connectivity index (χ0v) is 18.7. The molecule has 2 aromatic carbocycles. The minimum absolute atomic E-state index is 0.0593. The average molecular weight is 544 g/mol. The number of aliphatic imine (C=N–C) groups is 1. The summed E-state index contributed by atoms with van der Waals surface area (Å²) in [5.41, 5.74) is -5.26. The summed E-state index contributed by atoms with van der Waals surface area (Å²) >= 11 is 14.7. The topological polar surface area (TPSA) is 49.7 Å². The van der Waals surface area contributed by atoms with E-state index in [2.05, 4.69) is 20.9 Å². The molecule has 2 fully saturated rings. The van der Waals surface area contributed by atoms with Gasteiger partial charge in [-0.05, 0) is 43.7 Å². The number of nitrogens with zero attached hydrogens (tertiary/aromatic N) is 1. The lowest BCUT2D eigenvalue weighted by Gasteiger charge is -2.25. The van der Waals surface area contributed by atoms with Crippen molar-refractivity contribution in [1.29, 1.82) is 0 Å². The second-order valence-corrected chi connectivity index (χ2v) is 8.12. The molecule has 0 amide bonds. The second kappa shape index (κ2) is 10.6. The minimum atomic E-state index is -3.60. The molecule has 31 heavy (non-hydrogen) atoms. The second-order valence-electron chi connectivity index (χ2n) is 6.12.